The highest BCUT2D eigenvalue weighted by molar-refractivity contribution is 7.92. The van der Waals surface area contributed by atoms with Crippen LogP contribution in [0.25, 0.3) is 6.08 Å². The lowest BCUT2D eigenvalue weighted by Crippen LogP contribution is -2.24. The van der Waals surface area contributed by atoms with Gasteiger partial charge in [0.1, 0.15) is 0 Å². The Morgan fingerprint density at radius 3 is 2.17 bits per heavy atom. The van der Waals surface area contributed by atoms with Crippen molar-refractivity contribution in [2.24, 2.45) is 0 Å². The largest absolute Gasteiger partial charge is 0.236 e. The Morgan fingerprint density at radius 2 is 1.61 bits per heavy atom. The van der Waals surface area contributed by atoms with E-state index in [9.17, 15) is 8.42 Å². The molecule has 2 aromatic carbocycles. The fraction of sp³-hybridized carbons (Fsp3) is 0.263. The molecule has 0 N–H and O–H groups in total. The van der Waals surface area contributed by atoms with Crippen LogP contribution in [-0.2, 0) is 16.6 Å². The predicted molar refractivity (Wildman–Crippen MR) is 96.4 cm³/mol. The van der Waals surface area contributed by atoms with Crippen molar-refractivity contribution in [3.63, 3.8) is 0 Å². The van der Waals surface area contributed by atoms with E-state index in [-0.39, 0.29) is 0 Å². The fourth-order valence-electron chi connectivity index (χ4n) is 2.19. The van der Waals surface area contributed by atoms with Crippen LogP contribution in [0.5, 0.6) is 0 Å². The van der Waals surface area contributed by atoms with Gasteiger partial charge in [-0.1, -0.05) is 68.4 Å². The van der Waals surface area contributed by atoms with E-state index in [1.165, 1.54) is 15.3 Å². The highest BCUT2D eigenvalue weighted by Crippen LogP contribution is 2.16. The van der Waals surface area contributed by atoms with E-state index in [0.717, 1.165) is 11.1 Å². The molecule has 2 rings (SSSR count). The van der Waals surface area contributed by atoms with Gasteiger partial charge >= 0.3 is 0 Å². The summed E-state index contributed by atoms with van der Waals surface area (Å²) in [6, 6.07) is 17.5. The van der Waals surface area contributed by atoms with E-state index >= 15 is 0 Å². The van der Waals surface area contributed by atoms with E-state index in [4.69, 9.17) is 0 Å². The average molecular weight is 329 g/mol. The fourth-order valence-corrected chi connectivity index (χ4v) is 3.05. The molecule has 2 aromatic rings. The molecule has 0 aliphatic carbocycles. The molecule has 0 unspecified atom stereocenters. The summed E-state index contributed by atoms with van der Waals surface area (Å²) >= 11 is 0. The summed E-state index contributed by atoms with van der Waals surface area (Å²) in [6.45, 7) is 4.64. The minimum absolute atomic E-state index is 0.361. The Balaban J connectivity index is 2.06. The number of hydrogen-bond acceptors (Lipinski definition) is 2. The van der Waals surface area contributed by atoms with Crippen molar-refractivity contribution in [3.8, 4) is 0 Å². The Bertz CT molecular complexity index is 748. The second-order valence-electron chi connectivity index (χ2n) is 5.91. The van der Waals surface area contributed by atoms with Crippen molar-refractivity contribution in [2.45, 2.75) is 26.3 Å². The minimum Gasteiger partial charge on any atom is -0.208 e. The molecule has 0 fully saturated rings. The van der Waals surface area contributed by atoms with Gasteiger partial charge in [-0.15, -0.1) is 0 Å². The highest BCUT2D eigenvalue weighted by Gasteiger charge is 2.14. The quantitative estimate of drug-likeness (QED) is 0.795. The van der Waals surface area contributed by atoms with E-state index in [1.54, 1.807) is 13.1 Å². The first-order chi connectivity index (χ1) is 10.9. The third kappa shape index (κ3) is 5.05. The Labute approximate surface area is 139 Å². The summed E-state index contributed by atoms with van der Waals surface area (Å²) < 4.78 is 26.0. The molecule has 0 heterocycles. The molecule has 0 aliphatic heterocycles. The van der Waals surface area contributed by atoms with Crippen molar-refractivity contribution >= 4 is 16.1 Å². The summed E-state index contributed by atoms with van der Waals surface area (Å²) in [5, 5.41) is 1.25. The zero-order valence-electron chi connectivity index (χ0n) is 13.8. The summed E-state index contributed by atoms with van der Waals surface area (Å²) in [5.41, 5.74) is 3.10. The van der Waals surface area contributed by atoms with Crippen molar-refractivity contribution in [1.82, 2.24) is 4.31 Å². The first-order valence-electron chi connectivity index (χ1n) is 7.67. The number of hydrogen-bond donors (Lipinski definition) is 0. The van der Waals surface area contributed by atoms with Gasteiger partial charge in [-0.25, -0.2) is 8.42 Å². The monoisotopic (exact) mass is 329 g/mol. The van der Waals surface area contributed by atoms with E-state index in [1.807, 2.05) is 42.5 Å². The lowest BCUT2D eigenvalue weighted by molar-refractivity contribution is 0.475. The normalized spacial score (nSPS) is 12.4. The first-order valence-corrected chi connectivity index (χ1v) is 9.17. The Hall–Kier alpha value is -1.91. The maximum Gasteiger partial charge on any atom is 0.236 e. The first kappa shape index (κ1) is 17.4. The van der Waals surface area contributed by atoms with Crippen molar-refractivity contribution in [2.75, 3.05) is 7.05 Å². The molecule has 0 aromatic heterocycles. The van der Waals surface area contributed by atoms with Gasteiger partial charge in [0.05, 0.1) is 0 Å². The SMILES string of the molecule is CC(C)c1ccc(CN(C)S(=O)(=O)C=Cc2ccccc2)cc1. The second-order valence-corrected chi connectivity index (χ2v) is 7.84. The van der Waals surface area contributed by atoms with E-state index in [2.05, 4.69) is 26.0 Å². The maximum atomic E-state index is 12.3. The zero-order valence-corrected chi connectivity index (χ0v) is 14.6. The van der Waals surface area contributed by atoms with Gasteiger partial charge < -0.3 is 0 Å². The average Bonchev–Trinajstić information content (AvgIpc) is 2.54. The highest BCUT2D eigenvalue weighted by atomic mass is 32.2. The summed E-state index contributed by atoms with van der Waals surface area (Å²) in [7, 11) is -1.83. The molecule has 122 valence electrons. The molecule has 0 aliphatic rings. The van der Waals surface area contributed by atoms with Gasteiger partial charge in [0.15, 0.2) is 0 Å². The van der Waals surface area contributed by atoms with Gasteiger partial charge in [-0.3, -0.25) is 0 Å². The lowest BCUT2D eigenvalue weighted by Gasteiger charge is -2.15. The van der Waals surface area contributed by atoms with Crippen LogP contribution >= 0.6 is 0 Å². The summed E-state index contributed by atoms with van der Waals surface area (Å²) in [6.07, 6.45) is 1.62. The maximum absolute atomic E-state index is 12.3. The summed E-state index contributed by atoms with van der Waals surface area (Å²) in [5.74, 6) is 0.472. The molecule has 0 bridgehead atoms. The second kappa shape index (κ2) is 7.57. The molecule has 0 amide bonds. The van der Waals surface area contributed by atoms with Gasteiger partial charge in [-0.05, 0) is 28.7 Å². The van der Waals surface area contributed by atoms with Crippen LogP contribution in [0.2, 0.25) is 0 Å². The third-order valence-corrected chi connectivity index (χ3v) is 5.20. The van der Waals surface area contributed by atoms with Gasteiger partial charge in [-0.2, -0.15) is 4.31 Å². The Kier molecular flexibility index (Phi) is 5.74. The standard InChI is InChI=1S/C19H23NO2S/c1-16(2)19-11-9-18(10-12-19)15-20(3)23(21,22)14-13-17-7-5-4-6-8-17/h4-14,16H,15H2,1-3H3. The van der Waals surface area contributed by atoms with Gasteiger partial charge in [0.25, 0.3) is 0 Å². The van der Waals surface area contributed by atoms with E-state index < -0.39 is 10.0 Å². The molecule has 4 heteroatoms. The van der Waals surface area contributed by atoms with Crippen LogP contribution in [0.3, 0.4) is 0 Å². The van der Waals surface area contributed by atoms with Crippen molar-refractivity contribution < 1.29 is 8.42 Å². The molecule has 0 saturated carbocycles. The zero-order chi connectivity index (χ0) is 16.9. The van der Waals surface area contributed by atoms with Crippen LogP contribution in [0.1, 0.15) is 36.5 Å². The Morgan fingerprint density at radius 1 is 1.00 bits per heavy atom. The van der Waals surface area contributed by atoms with Crippen molar-refractivity contribution in [3.05, 3.63) is 76.7 Å². The molecule has 23 heavy (non-hydrogen) atoms. The van der Waals surface area contributed by atoms with Crippen LogP contribution < -0.4 is 0 Å². The number of benzene rings is 2. The molecule has 0 spiro atoms. The van der Waals surface area contributed by atoms with Crippen LogP contribution in [0.15, 0.2) is 60.0 Å². The molecule has 3 nitrogen and oxygen atoms in total. The summed E-state index contributed by atoms with van der Waals surface area (Å²) in [4.78, 5) is 0. The molecular formula is C19H23NO2S. The molecule has 0 radical (unpaired) electrons. The smallest absolute Gasteiger partial charge is 0.208 e. The number of rotatable bonds is 6. The number of sulfonamides is 1. The topological polar surface area (TPSA) is 37.4 Å². The lowest BCUT2D eigenvalue weighted by atomic mass is 10.0. The third-order valence-electron chi connectivity index (χ3n) is 3.72. The van der Waals surface area contributed by atoms with Crippen LogP contribution in [0, 0.1) is 0 Å². The molecule has 0 atom stereocenters. The van der Waals surface area contributed by atoms with Crippen molar-refractivity contribution in [1.29, 1.82) is 0 Å². The number of nitrogens with zero attached hydrogens (tertiary/aromatic N) is 1. The molecular weight excluding hydrogens is 306 g/mol. The molecule has 0 saturated heterocycles. The van der Waals surface area contributed by atoms with Gasteiger partial charge in [0, 0.05) is 19.0 Å². The van der Waals surface area contributed by atoms with Crippen LogP contribution in [0.4, 0.5) is 0 Å². The minimum atomic E-state index is -3.43. The van der Waals surface area contributed by atoms with Gasteiger partial charge in [0.2, 0.25) is 10.0 Å². The van der Waals surface area contributed by atoms with Crippen LogP contribution in [-0.4, -0.2) is 19.8 Å². The van der Waals surface area contributed by atoms with E-state index in [0.29, 0.717) is 12.5 Å². The predicted octanol–water partition coefficient (Wildman–Crippen LogP) is 4.24.